The fraction of sp³-hybridized carbons (Fsp3) is 0.286. The second-order valence-electron chi connectivity index (χ2n) is 2.22. The van der Waals surface area contributed by atoms with Gasteiger partial charge in [-0.1, -0.05) is 15.9 Å². The Labute approximate surface area is 89.6 Å². The average Bonchev–Trinajstić information content (AvgIpc) is 2.09. The molecule has 0 unspecified atom stereocenters. The number of alkyl halides is 3. The van der Waals surface area contributed by atoms with Crippen LogP contribution in [0.2, 0.25) is 0 Å². The van der Waals surface area contributed by atoms with Gasteiger partial charge in [-0.15, -0.1) is 0 Å². The number of aromatic nitrogens is 1. The molecule has 1 nitrogen and oxygen atoms in total. The summed E-state index contributed by atoms with van der Waals surface area (Å²) in [6.45, 7) is 0. The highest BCUT2D eigenvalue weighted by Crippen LogP contribution is 2.25. The summed E-state index contributed by atoms with van der Waals surface area (Å²) in [5.41, 5.74) is -0.314. The second kappa shape index (κ2) is 4.41. The molecule has 0 atom stereocenters. The molecule has 0 N–H and O–H groups in total. The topological polar surface area (TPSA) is 12.9 Å². The Morgan fingerprint density at radius 1 is 1.46 bits per heavy atom. The van der Waals surface area contributed by atoms with Crippen LogP contribution in [0, 0.1) is 5.82 Å². The first-order chi connectivity index (χ1) is 6.06. The van der Waals surface area contributed by atoms with Gasteiger partial charge in [0.1, 0.15) is 11.5 Å². The van der Waals surface area contributed by atoms with Crippen LogP contribution in [0.15, 0.2) is 10.5 Å². The number of hydrogen-bond acceptors (Lipinski definition) is 1. The Balaban J connectivity index is 3.22. The second-order valence-corrected chi connectivity index (χ2v) is 3.58. The van der Waals surface area contributed by atoms with E-state index in [0.29, 0.717) is 0 Å². The van der Waals surface area contributed by atoms with Gasteiger partial charge in [-0.3, -0.25) is 0 Å². The Kier molecular flexibility index (Phi) is 3.73. The van der Waals surface area contributed by atoms with E-state index in [-0.39, 0.29) is 15.5 Å². The summed E-state index contributed by atoms with van der Waals surface area (Å²) in [5.74, 6) is -0.722. The molecule has 1 aromatic rings. The van der Waals surface area contributed by atoms with E-state index in [4.69, 9.17) is 0 Å². The normalized spacial score (nSPS) is 10.9. The van der Waals surface area contributed by atoms with Crippen molar-refractivity contribution in [2.24, 2.45) is 0 Å². The van der Waals surface area contributed by atoms with Crippen LogP contribution in [0.5, 0.6) is 0 Å². The summed E-state index contributed by atoms with van der Waals surface area (Å²) in [5, 5.41) is 0.227. The maximum Gasteiger partial charge on any atom is 0.280 e. The van der Waals surface area contributed by atoms with E-state index in [9.17, 15) is 13.2 Å². The van der Waals surface area contributed by atoms with Gasteiger partial charge in [-0.05, 0) is 15.9 Å². The quantitative estimate of drug-likeness (QED) is 0.756. The summed E-state index contributed by atoms with van der Waals surface area (Å²) >= 11 is 5.93. The lowest BCUT2D eigenvalue weighted by atomic mass is 10.3. The molecule has 0 bridgehead atoms. The number of nitrogens with zero attached hydrogens (tertiary/aromatic N) is 1. The Hall–Kier alpha value is -0.100. The molecule has 0 aliphatic rings. The van der Waals surface area contributed by atoms with Gasteiger partial charge in [-0.25, -0.2) is 18.2 Å². The predicted octanol–water partition coefficient (Wildman–Crippen LogP) is 3.82. The average molecular weight is 319 g/mol. The minimum atomic E-state index is -2.75. The van der Waals surface area contributed by atoms with Gasteiger partial charge in [-0.2, -0.15) is 0 Å². The van der Waals surface area contributed by atoms with Crippen molar-refractivity contribution in [3.63, 3.8) is 0 Å². The van der Waals surface area contributed by atoms with Gasteiger partial charge in [0.05, 0.1) is 10.2 Å². The molecule has 0 aromatic carbocycles. The van der Waals surface area contributed by atoms with Crippen molar-refractivity contribution in [1.82, 2.24) is 4.98 Å². The molecule has 0 saturated carbocycles. The third-order valence-corrected chi connectivity index (χ3v) is 2.72. The van der Waals surface area contributed by atoms with Crippen LogP contribution in [0.4, 0.5) is 13.2 Å². The zero-order chi connectivity index (χ0) is 10.0. The maximum absolute atomic E-state index is 12.9. The molecule has 0 amide bonds. The Morgan fingerprint density at radius 3 is 2.54 bits per heavy atom. The zero-order valence-electron chi connectivity index (χ0n) is 6.20. The van der Waals surface area contributed by atoms with E-state index >= 15 is 0 Å². The molecule has 0 spiro atoms. The fourth-order valence-corrected chi connectivity index (χ4v) is 1.89. The van der Waals surface area contributed by atoms with Crippen LogP contribution >= 0.6 is 31.9 Å². The minimum absolute atomic E-state index is 0.119. The van der Waals surface area contributed by atoms with Crippen LogP contribution in [-0.4, -0.2) is 4.98 Å². The van der Waals surface area contributed by atoms with Crippen molar-refractivity contribution < 1.29 is 13.2 Å². The molecule has 72 valence electrons. The molecule has 1 heterocycles. The van der Waals surface area contributed by atoms with Crippen molar-refractivity contribution >= 4 is 31.9 Å². The van der Waals surface area contributed by atoms with Crippen molar-refractivity contribution in [2.45, 2.75) is 11.8 Å². The fourth-order valence-electron chi connectivity index (χ4n) is 0.769. The van der Waals surface area contributed by atoms with E-state index in [0.717, 1.165) is 6.07 Å². The molecule has 6 heteroatoms. The number of halogens is 5. The zero-order valence-corrected chi connectivity index (χ0v) is 9.37. The highest BCUT2D eigenvalue weighted by atomic mass is 79.9. The first kappa shape index (κ1) is 11.0. The Bertz CT molecular complexity index is 317. The van der Waals surface area contributed by atoms with Crippen molar-refractivity contribution in [1.29, 1.82) is 0 Å². The monoisotopic (exact) mass is 317 g/mol. The summed E-state index contributed by atoms with van der Waals surface area (Å²) in [6.07, 6.45) is -2.75. The molecule has 13 heavy (non-hydrogen) atoms. The van der Waals surface area contributed by atoms with E-state index in [1.54, 1.807) is 0 Å². The highest BCUT2D eigenvalue weighted by Gasteiger charge is 2.15. The summed E-state index contributed by atoms with van der Waals surface area (Å²) in [4.78, 5) is 3.57. The molecule has 0 aliphatic carbocycles. The number of rotatable bonds is 2. The molecular weight excluding hydrogens is 315 g/mol. The third kappa shape index (κ3) is 2.43. The van der Waals surface area contributed by atoms with Crippen molar-refractivity contribution in [3.8, 4) is 0 Å². The van der Waals surface area contributed by atoms with Gasteiger partial charge >= 0.3 is 0 Å². The first-order valence-electron chi connectivity index (χ1n) is 3.25. The van der Waals surface area contributed by atoms with E-state index in [1.807, 2.05) is 0 Å². The number of hydrogen-bond donors (Lipinski definition) is 0. The lowest BCUT2D eigenvalue weighted by Gasteiger charge is -2.04. The number of pyridine rings is 1. The molecule has 0 aliphatic heterocycles. The van der Waals surface area contributed by atoms with Crippen molar-refractivity contribution in [2.75, 3.05) is 0 Å². The van der Waals surface area contributed by atoms with Crippen LogP contribution in [0.1, 0.15) is 17.8 Å². The molecule has 1 aromatic heterocycles. The van der Waals surface area contributed by atoms with E-state index in [1.165, 1.54) is 0 Å². The summed E-state index contributed by atoms with van der Waals surface area (Å²) in [6, 6.07) is 0.723. The van der Waals surface area contributed by atoms with Gasteiger partial charge in [0.25, 0.3) is 6.43 Å². The lowest BCUT2D eigenvalue weighted by molar-refractivity contribution is 0.145. The maximum atomic E-state index is 12.9. The van der Waals surface area contributed by atoms with E-state index in [2.05, 4.69) is 36.8 Å². The van der Waals surface area contributed by atoms with Gasteiger partial charge < -0.3 is 0 Å². The van der Waals surface area contributed by atoms with Gasteiger partial charge in [0.15, 0.2) is 0 Å². The predicted molar refractivity (Wildman–Crippen MR) is 49.5 cm³/mol. The third-order valence-electron chi connectivity index (χ3n) is 1.35. The molecule has 0 fully saturated rings. The first-order valence-corrected chi connectivity index (χ1v) is 5.16. The molecule has 0 radical (unpaired) electrons. The van der Waals surface area contributed by atoms with E-state index < -0.39 is 17.9 Å². The Morgan fingerprint density at radius 2 is 2.08 bits per heavy atom. The molecule has 1 rings (SSSR count). The van der Waals surface area contributed by atoms with Gasteiger partial charge in [0, 0.05) is 11.4 Å². The van der Waals surface area contributed by atoms with Crippen LogP contribution in [-0.2, 0) is 5.33 Å². The molecule has 0 saturated heterocycles. The summed E-state index contributed by atoms with van der Waals surface area (Å²) < 4.78 is 37.3. The lowest BCUT2D eigenvalue weighted by Crippen LogP contribution is -1.98. The van der Waals surface area contributed by atoms with Crippen LogP contribution < -0.4 is 0 Å². The SMILES string of the molecule is Fc1cc(C(F)F)nc(CBr)c1Br. The van der Waals surface area contributed by atoms with Crippen molar-refractivity contribution in [3.05, 3.63) is 27.7 Å². The standard InChI is InChI=1S/C7H4Br2F3N/c8-2-5-6(9)3(10)1-4(13-5)7(11)12/h1,7H,2H2. The summed E-state index contributed by atoms with van der Waals surface area (Å²) in [7, 11) is 0. The highest BCUT2D eigenvalue weighted by molar-refractivity contribution is 9.10. The molecular formula is C7H4Br2F3N. The van der Waals surface area contributed by atoms with Crippen LogP contribution in [0.3, 0.4) is 0 Å². The minimum Gasteiger partial charge on any atom is -0.250 e. The largest absolute Gasteiger partial charge is 0.280 e. The van der Waals surface area contributed by atoms with Gasteiger partial charge in [0.2, 0.25) is 0 Å². The smallest absolute Gasteiger partial charge is 0.250 e. The van der Waals surface area contributed by atoms with Crippen LogP contribution in [0.25, 0.3) is 0 Å².